The average molecular weight is 371 g/mol. The molecule has 26 heavy (non-hydrogen) atoms. The lowest BCUT2D eigenvalue weighted by Gasteiger charge is -2.25. The Kier molecular flexibility index (Phi) is 4.32. The number of carboxylic acid groups (broad SMARTS) is 1. The highest BCUT2D eigenvalue weighted by molar-refractivity contribution is 6.31. The van der Waals surface area contributed by atoms with E-state index in [0.717, 1.165) is 36.2 Å². The highest BCUT2D eigenvalue weighted by Crippen LogP contribution is 2.40. The monoisotopic (exact) mass is 370 g/mol. The molecule has 0 unspecified atom stereocenters. The van der Waals surface area contributed by atoms with Gasteiger partial charge in [-0.15, -0.1) is 0 Å². The van der Waals surface area contributed by atoms with Gasteiger partial charge in [-0.1, -0.05) is 30.2 Å². The molecule has 1 heterocycles. The van der Waals surface area contributed by atoms with Gasteiger partial charge in [-0.2, -0.15) is 0 Å². The second-order valence-corrected chi connectivity index (χ2v) is 7.31. The van der Waals surface area contributed by atoms with E-state index in [-0.39, 0.29) is 23.4 Å². The molecular formula is C20H19ClN2O3. The van der Waals surface area contributed by atoms with E-state index in [1.165, 1.54) is 0 Å². The lowest BCUT2D eigenvalue weighted by Crippen LogP contribution is -2.38. The molecule has 4 rings (SSSR count). The van der Waals surface area contributed by atoms with Crippen LogP contribution in [0.1, 0.15) is 35.2 Å². The quantitative estimate of drug-likeness (QED) is 0.850. The Hall–Kier alpha value is -2.53. The fourth-order valence-corrected chi connectivity index (χ4v) is 4.06. The van der Waals surface area contributed by atoms with Crippen molar-refractivity contribution < 1.29 is 14.7 Å². The molecule has 2 aromatic carbocycles. The zero-order chi connectivity index (χ0) is 18.3. The Bertz CT molecular complexity index is 866. The number of carbonyl (C=O) groups excluding carboxylic acids is 1. The van der Waals surface area contributed by atoms with Gasteiger partial charge in [0, 0.05) is 11.1 Å². The number of fused-ring (bicyclic) bond motifs is 2. The highest BCUT2D eigenvalue weighted by Gasteiger charge is 2.39. The number of nitrogens with zero attached hydrogens (tertiary/aromatic N) is 1. The number of carbonyl (C=O) groups is 2. The van der Waals surface area contributed by atoms with Crippen molar-refractivity contribution in [3.8, 4) is 0 Å². The van der Waals surface area contributed by atoms with Gasteiger partial charge < -0.3 is 15.3 Å². The van der Waals surface area contributed by atoms with Crippen LogP contribution in [0.2, 0.25) is 5.02 Å². The van der Waals surface area contributed by atoms with Crippen molar-refractivity contribution in [2.45, 2.75) is 31.8 Å². The number of nitrogens with one attached hydrogen (secondary N) is 1. The number of benzene rings is 2. The van der Waals surface area contributed by atoms with Crippen molar-refractivity contribution in [2.24, 2.45) is 5.92 Å². The van der Waals surface area contributed by atoms with E-state index in [2.05, 4.69) is 5.32 Å². The van der Waals surface area contributed by atoms with Crippen molar-refractivity contribution in [2.75, 3.05) is 10.2 Å². The number of aromatic carboxylic acids is 1. The van der Waals surface area contributed by atoms with Gasteiger partial charge in [0.1, 0.15) is 0 Å². The molecule has 2 atom stereocenters. The van der Waals surface area contributed by atoms with Gasteiger partial charge in [0.15, 0.2) is 0 Å². The van der Waals surface area contributed by atoms with Crippen LogP contribution in [0, 0.1) is 5.92 Å². The van der Waals surface area contributed by atoms with Crippen molar-refractivity contribution in [1.29, 1.82) is 0 Å². The summed E-state index contributed by atoms with van der Waals surface area (Å²) in [6.45, 7) is 0.386. The van der Waals surface area contributed by atoms with E-state index in [1.807, 2.05) is 18.2 Å². The first-order chi connectivity index (χ1) is 12.5. The first-order valence-electron chi connectivity index (χ1n) is 8.72. The molecule has 1 fully saturated rings. The predicted molar refractivity (Wildman–Crippen MR) is 101 cm³/mol. The third-order valence-electron chi connectivity index (χ3n) is 5.23. The second-order valence-electron chi connectivity index (χ2n) is 6.88. The molecule has 0 aromatic heterocycles. The topological polar surface area (TPSA) is 69.6 Å². The van der Waals surface area contributed by atoms with Crippen LogP contribution in [0.15, 0.2) is 42.5 Å². The van der Waals surface area contributed by atoms with Gasteiger partial charge in [-0.3, -0.25) is 4.79 Å². The molecule has 134 valence electrons. The van der Waals surface area contributed by atoms with Crippen molar-refractivity contribution in [1.82, 2.24) is 0 Å². The maximum Gasteiger partial charge on any atom is 0.335 e. The number of anilines is 2. The highest BCUT2D eigenvalue weighted by atomic mass is 35.5. The van der Waals surface area contributed by atoms with Crippen LogP contribution in [-0.2, 0) is 11.3 Å². The summed E-state index contributed by atoms with van der Waals surface area (Å²) in [4.78, 5) is 26.0. The maximum absolute atomic E-state index is 13.2. The van der Waals surface area contributed by atoms with Crippen LogP contribution in [0.4, 0.5) is 11.4 Å². The summed E-state index contributed by atoms with van der Waals surface area (Å²) in [6.07, 6.45) is 2.91. The van der Waals surface area contributed by atoms with Crippen LogP contribution < -0.4 is 10.2 Å². The number of carboxylic acids is 1. The molecule has 1 saturated carbocycles. The van der Waals surface area contributed by atoms with Crippen molar-refractivity contribution >= 4 is 34.9 Å². The second kappa shape index (κ2) is 6.65. The third kappa shape index (κ3) is 3.03. The normalized spacial score (nSPS) is 21.6. The average Bonchev–Trinajstić information content (AvgIpc) is 3.05. The summed E-state index contributed by atoms with van der Waals surface area (Å²) >= 11 is 6.19. The summed E-state index contributed by atoms with van der Waals surface area (Å²) in [5, 5.41) is 13.2. The molecule has 1 aliphatic heterocycles. The van der Waals surface area contributed by atoms with Crippen LogP contribution in [-0.4, -0.2) is 23.0 Å². The summed E-state index contributed by atoms with van der Waals surface area (Å²) in [6, 6.07) is 12.4. The summed E-state index contributed by atoms with van der Waals surface area (Å²) < 4.78 is 0. The van der Waals surface area contributed by atoms with E-state index in [4.69, 9.17) is 16.7 Å². The number of hydrogen-bond donors (Lipinski definition) is 2. The molecule has 1 amide bonds. The minimum absolute atomic E-state index is 0.0422. The zero-order valence-electron chi connectivity index (χ0n) is 14.1. The van der Waals surface area contributed by atoms with E-state index >= 15 is 0 Å². The van der Waals surface area contributed by atoms with Crippen LogP contribution in [0.25, 0.3) is 0 Å². The van der Waals surface area contributed by atoms with Gasteiger partial charge in [0.05, 0.1) is 29.4 Å². The van der Waals surface area contributed by atoms with Gasteiger partial charge in [-0.25, -0.2) is 4.79 Å². The van der Waals surface area contributed by atoms with E-state index in [0.29, 0.717) is 11.6 Å². The minimum atomic E-state index is -0.961. The van der Waals surface area contributed by atoms with E-state index in [1.54, 1.807) is 29.2 Å². The number of rotatable bonds is 3. The number of amides is 1. The molecular weight excluding hydrogens is 352 g/mol. The minimum Gasteiger partial charge on any atom is -0.478 e. The Morgan fingerprint density at radius 1 is 1.19 bits per heavy atom. The van der Waals surface area contributed by atoms with Crippen molar-refractivity contribution in [3.05, 3.63) is 58.6 Å². The maximum atomic E-state index is 13.2. The van der Waals surface area contributed by atoms with Gasteiger partial charge in [-0.05, 0) is 48.7 Å². The molecule has 0 radical (unpaired) electrons. The van der Waals surface area contributed by atoms with E-state index < -0.39 is 5.97 Å². The van der Waals surface area contributed by atoms with Crippen molar-refractivity contribution in [3.63, 3.8) is 0 Å². The van der Waals surface area contributed by atoms with Crippen LogP contribution in [0.3, 0.4) is 0 Å². The Morgan fingerprint density at radius 2 is 1.96 bits per heavy atom. The van der Waals surface area contributed by atoms with Gasteiger partial charge in [0.25, 0.3) is 0 Å². The molecule has 2 N–H and O–H groups in total. The number of hydrogen-bond acceptors (Lipinski definition) is 3. The first-order valence-corrected chi connectivity index (χ1v) is 9.10. The fraction of sp³-hybridized carbons (Fsp3) is 0.300. The Balaban J connectivity index is 1.71. The summed E-state index contributed by atoms with van der Waals surface area (Å²) in [5.41, 5.74) is 2.81. The standard InChI is InChI=1S/C20H19ClN2O3/c21-14-8-9-17-18(10-14)23(19(24)15-2-1-3-16(15)22-17)11-12-4-6-13(7-5-12)20(25)26/h4-10,15-16,22H,1-3,11H2,(H,25,26)/t15-,16+/m0/s1. The van der Waals surface area contributed by atoms with Crippen LogP contribution in [0.5, 0.6) is 0 Å². The summed E-state index contributed by atoms with van der Waals surface area (Å²) in [5.74, 6) is -0.902. The van der Waals surface area contributed by atoms with Gasteiger partial charge >= 0.3 is 5.97 Å². The lowest BCUT2D eigenvalue weighted by molar-refractivity contribution is -0.122. The molecule has 6 heteroatoms. The number of halogens is 1. The molecule has 2 aliphatic rings. The Labute approximate surface area is 156 Å². The fourth-order valence-electron chi connectivity index (χ4n) is 3.90. The molecule has 2 aromatic rings. The predicted octanol–water partition coefficient (Wildman–Crippen LogP) is 4.17. The Morgan fingerprint density at radius 3 is 2.69 bits per heavy atom. The van der Waals surface area contributed by atoms with Gasteiger partial charge in [0.2, 0.25) is 5.91 Å². The molecule has 5 nitrogen and oxygen atoms in total. The third-order valence-corrected chi connectivity index (χ3v) is 5.47. The summed E-state index contributed by atoms with van der Waals surface area (Å²) in [7, 11) is 0. The molecule has 0 saturated heterocycles. The first kappa shape index (κ1) is 16.9. The lowest BCUT2D eigenvalue weighted by atomic mass is 10.0. The zero-order valence-corrected chi connectivity index (χ0v) is 14.9. The smallest absolute Gasteiger partial charge is 0.335 e. The van der Waals surface area contributed by atoms with E-state index in [9.17, 15) is 9.59 Å². The van der Waals surface area contributed by atoms with Crippen LogP contribution >= 0.6 is 11.6 Å². The molecule has 0 spiro atoms. The SMILES string of the molecule is O=C(O)c1ccc(CN2C(=O)[C@H]3CCC[C@H]3Nc3ccc(Cl)cc32)cc1. The largest absolute Gasteiger partial charge is 0.478 e. The molecule has 1 aliphatic carbocycles. The molecule has 0 bridgehead atoms.